The van der Waals surface area contributed by atoms with Gasteiger partial charge in [0.2, 0.25) is 5.95 Å². The van der Waals surface area contributed by atoms with Crippen LogP contribution in [-0.2, 0) is 0 Å². The van der Waals surface area contributed by atoms with Crippen LogP contribution in [0.15, 0.2) is 30.9 Å². The first kappa shape index (κ1) is 8.55. The Kier molecular flexibility index (Phi) is 2.31. The van der Waals surface area contributed by atoms with Crippen LogP contribution in [0, 0.1) is 0 Å². The predicted octanol–water partition coefficient (Wildman–Crippen LogP) is 0.975. The van der Waals surface area contributed by atoms with Crippen LogP contribution in [0.25, 0.3) is 11.4 Å². The van der Waals surface area contributed by atoms with E-state index >= 15 is 0 Å². The van der Waals surface area contributed by atoms with Gasteiger partial charge in [0, 0.05) is 25.0 Å². The van der Waals surface area contributed by atoms with E-state index in [1.54, 1.807) is 19.4 Å². The highest BCUT2D eigenvalue weighted by atomic mass is 15.1. The van der Waals surface area contributed by atoms with Crippen molar-refractivity contribution in [3.05, 3.63) is 30.9 Å². The lowest BCUT2D eigenvalue weighted by molar-refractivity contribution is 1.05. The molecule has 70 valence electrons. The summed E-state index contributed by atoms with van der Waals surface area (Å²) in [6.07, 6.45) is 4.90. The van der Waals surface area contributed by atoms with E-state index < -0.39 is 0 Å². The monoisotopic (exact) mass is 187 g/mol. The molecule has 0 spiro atoms. The molecule has 0 atom stereocenters. The van der Waals surface area contributed by atoms with Crippen molar-refractivity contribution in [1.29, 1.82) is 0 Å². The zero-order valence-electron chi connectivity index (χ0n) is 7.68. The maximum atomic E-state index is 4.19. The molecule has 2 aromatic rings. The molecule has 14 heavy (non-hydrogen) atoms. The average Bonchev–Trinajstić information content (AvgIpc) is 2.30. The van der Waals surface area contributed by atoms with Crippen LogP contribution in [0.2, 0.25) is 0 Å². The number of aromatic nitrogens is 4. The molecule has 0 aromatic carbocycles. The second-order valence-electron chi connectivity index (χ2n) is 2.62. The Balaban J connectivity index is 2.42. The summed E-state index contributed by atoms with van der Waals surface area (Å²) in [5.41, 5.74) is 0.881. The minimum absolute atomic E-state index is 0.554. The molecule has 1 N–H and O–H groups in total. The van der Waals surface area contributed by atoms with E-state index in [-0.39, 0.29) is 0 Å². The molecule has 5 heteroatoms. The first-order chi connectivity index (χ1) is 6.90. The second kappa shape index (κ2) is 3.78. The molecule has 0 radical (unpaired) electrons. The molecule has 5 nitrogen and oxygen atoms in total. The van der Waals surface area contributed by atoms with Crippen LogP contribution in [0.3, 0.4) is 0 Å². The molecule has 0 aliphatic rings. The highest BCUT2D eigenvalue weighted by molar-refractivity contribution is 5.53. The fraction of sp³-hybridized carbons (Fsp3) is 0.111. The third-order valence-corrected chi connectivity index (χ3v) is 1.72. The Hall–Kier alpha value is -2.04. The average molecular weight is 187 g/mol. The maximum absolute atomic E-state index is 4.19. The quantitative estimate of drug-likeness (QED) is 0.759. The van der Waals surface area contributed by atoms with Gasteiger partial charge < -0.3 is 5.32 Å². The Bertz CT molecular complexity index is 415. The summed E-state index contributed by atoms with van der Waals surface area (Å²) < 4.78 is 0. The van der Waals surface area contributed by atoms with Gasteiger partial charge in [-0.3, -0.25) is 4.98 Å². The number of rotatable bonds is 2. The van der Waals surface area contributed by atoms with Gasteiger partial charge in [-0.05, 0) is 12.1 Å². The molecule has 0 aliphatic heterocycles. The molecule has 0 saturated heterocycles. The molecule has 2 aromatic heterocycles. The molecule has 0 saturated carbocycles. The van der Waals surface area contributed by atoms with Crippen LogP contribution < -0.4 is 5.32 Å². The van der Waals surface area contributed by atoms with Gasteiger partial charge in [0.15, 0.2) is 5.82 Å². The highest BCUT2D eigenvalue weighted by Crippen LogP contribution is 2.12. The van der Waals surface area contributed by atoms with Crippen molar-refractivity contribution in [2.75, 3.05) is 12.4 Å². The lowest BCUT2D eigenvalue weighted by atomic mass is 10.3. The van der Waals surface area contributed by atoms with Crippen molar-refractivity contribution < 1.29 is 0 Å². The van der Waals surface area contributed by atoms with Crippen molar-refractivity contribution in [3.8, 4) is 11.4 Å². The van der Waals surface area contributed by atoms with Crippen LogP contribution in [0.4, 0.5) is 5.95 Å². The topological polar surface area (TPSA) is 63.6 Å². The number of hydrogen-bond acceptors (Lipinski definition) is 5. The Morgan fingerprint density at radius 1 is 1.29 bits per heavy atom. The fourth-order valence-corrected chi connectivity index (χ4v) is 1.05. The SMILES string of the molecule is CNc1ncnc(-c2cccnc2)n1. The van der Waals surface area contributed by atoms with Crippen molar-refractivity contribution in [2.45, 2.75) is 0 Å². The number of hydrogen-bond donors (Lipinski definition) is 1. The number of pyridine rings is 1. The van der Waals surface area contributed by atoms with E-state index in [0.717, 1.165) is 5.56 Å². The second-order valence-corrected chi connectivity index (χ2v) is 2.62. The molecule has 2 rings (SSSR count). The predicted molar refractivity (Wildman–Crippen MR) is 52.6 cm³/mol. The van der Waals surface area contributed by atoms with Gasteiger partial charge in [-0.1, -0.05) is 0 Å². The van der Waals surface area contributed by atoms with Crippen molar-refractivity contribution in [1.82, 2.24) is 19.9 Å². The number of anilines is 1. The first-order valence-electron chi connectivity index (χ1n) is 4.17. The van der Waals surface area contributed by atoms with E-state index in [0.29, 0.717) is 11.8 Å². The van der Waals surface area contributed by atoms with E-state index in [1.165, 1.54) is 6.33 Å². The van der Waals surface area contributed by atoms with Crippen molar-refractivity contribution in [2.24, 2.45) is 0 Å². The Morgan fingerprint density at radius 2 is 2.21 bits per heavy atom. The van der Waals surface area contributed by atoms with Gasteiger partial charge >= 0.3 is 0 Å². The smallest absolute Gasteiger partial charge is 0.225 e. The van der Waals surface area contributed by atoms with Crippen LogP contribution in [-0.4, -0.2) is 27.0 Å². The summed E-state index contributed by atoms with van der Waals surface area (Å²) >= 11 is 0. The van der Waals surface area contributed by atoms with Gasteiger partial charge in [0.05, 0.1) is 0 Å². The van der Waals surface area contributed by atoms with Crippen LogP contribution in [0.5, 0.6) is 0 Å². The zero-order valence-corrected chi connectivity index (χ0v) is 7.68. The molecular weight excluding hydrogens is 178 g/mol. The Morgan fingerprint density at radius 3 is 2.93 bits per heavy atom. The molecule has 0 amide bonds. The summed E-state index contributed by atoms with van der Waals surface area (Å²) in [6, 6.07) is 3.75. The molecule has 2 heterocycles. The normalized spacial score (nSPS) is 9.79. The highest BCUT2D eigenvalue weighted by Gasteiger charge is 2.01. The molecule has 0 unspecified atom stereocenters. The summed E-state index contributed by atoms with van der Waals surface area (Å²) in [6.45, 7) is 0. The van der Waals surface area contributed by atoms with Crippen LogP contribution >= 0.6 is 0 Å². The summed E-state index contributed by atoms with van der Waals surface area (Å²) in [7, 11) is 1.77. The molecule has 0 bridgehead atoms. The number of nitrogens with zero attached hydrogens (tertiary/aromatic N) is 4. The molecule has 0 aliphatic carbocycles. The first-order valence-corrected chi connectivity index (χ1v) is 4.17. The minimum Gasteiger partial charge on any atom is -0.357 e. The van der Waals surface area contributed by atoms with Gasteiger partial charge in [0.1, 0.15) is 6.33 Å². The van der Waals surface area contributed by atoms with Gasteiger partial charge in [-0.25, -0.2) is 9.97 Å². The van der Waals surface area contributed by atoms with Crippen molar-refractivity contribution >= 4 is 5.95 Å². The summed E-state index contributed by atoms with van der Waals surface area (Å²) in [5.74, 6) is 1.18. The van der Waals surface area contributed by atoms with E-state index in [2.05, 4.69) is 25.3 Å². The van der Waals surface area contributed by atoms with E-state index in [9.17, 15) is 0 Å². The lowest BCUT2D eigenvalue weighted by Crippen LogP contribution is -1.99. The largest absolute Gasteiger partial charge is 0.357 e. The van der Waals surface area contributed by atoms with Crippen molar-refractivity contribution in [3.63, 3.8) is 0 Å². The standard InChI is InChI=1S/C9H9N5/c1-10-9-13-6-12-8(14-9)7-3-2-4-11-5-7/h2-6H,1H3,(H,10,12,13,14). The van der Waals surface area contributed by atoms with Gasteiger partial charge in [-0.15, -0.1) is 0 Å². The third kappa shape index (κ3) is 1.66. The zero-order chi connectivity index (χ0) is 9.80. The molecular formula is C9H9N5. The fourth-order valence-electron chi connectivity index (χ4n) is 1.05. The lowest BCUT2D eigenvalue weighted by Gasteiger charge is -2.00. The Labute approximate surface area is 81.3 Å². The number of nitrogens with one attached hydrogen (secondary N) is 1. The molecule has 0 fully saturated rings. The summed E-state index contributed by atoms with van der Waals surface area (Å²) in [4.78, 5) is 16.2. The minimum atomic E-state index is 0.554. The van der Waals surface area contributed by atoms with E-state index in [1.807, 2.05) is 12.1 Å². The van der Waals surface area contributed by atoms with Gasteiger partial charge in [-0.2, -0.15) is 4.98 Å². The summed E-state index contributed by atoms with van der Waals surface area (Å²) in [5, 5.41) is 2.85. The van der Waals surface area contributed by atoms with Crippen LogP contribution in [0.1, 0.15) is 0 Å². The third-order valence-electron chi connectivity index (χ3n) is 1.72. The van der Waals surface area contributed by atoms with Gasteiger partial charge in [0.25, 0.3) is 0 Å². The maximum Gasteiger partial charge on any atom is 0.225 e. The van der Waals surface area contributed by atoms with E-state index in [4.69, 9.17) is 0 Å².